The van der Waals surface area contributed by atoms with Crippen molar-refractivity contribution in [1.82, 2.24) is 9.97 Å². The van der Waals surface area contributed by atoms with Crippen LogP contribution in [0.3, 0.4) is 0 Å². The van der Waals surface area contributed by atoms with E-state index in [0.29, 0.717) is 10.4 Å². The van der Waals surface area contributed by atoms with E-state index in [4.69, 9.17) is 0 Å². The lowest BCUT2D eigenvalue weighted by molar-refractivity contribution is 0.567. The van der Waals surface area contributed by atoms with Gasteiger partial charge in [-0.1, -0.05) is 25.7 Å². The highest BCUT2D eigenvalue weighted by Crippen LogP contribution is 2.31. The van der Waals surface area contributed by atoms with Gasteiger partial charge >= 0.3 is 0 Å². The van der Waals surface area contributed by atoms with Gasteiger partial charge in [0.15, 0.2) is 0 Å². The molecule has 2 aromatic rings. The Hall–Kier alpha value is -0.900. The van der Waals surface area contributed by atoms with E-state index in [1.165, 1.54) is 44.6 Å². The Morgan fingerprint density at radius 1 is 1.17 bits per heavy atom. The molecule has 2 nitrogen and oxygen atoms in total. The molecule has 1 aromatic carbocycles. The molecule has 0 atom stereocenters. The van der Waals surface area contributed by atoms with Gasteiger partial charge in [0.25, 0.3) is 0 Å². The number of aromatic nitrogens is 2. The van der Waals surface area contributed by atoms with Gasteiger partial charge in [-0.15, -0.1) is 0 Å². The van der Waals surface area contributed by atoms with Gasteiger partial charge in [-0.05, 0) is 34.8 Å². The lowest BCUT2D eigenvalue weighted by Gasteiger charge is -2.09. The van der Waals surface area contributed by atoms with Crippen LogP contribution in [-0.4, -0.2) is 9.97 Å². The zero-order valence-electron chi connectivity index (χ0n) is 10.2. The largest absolute Gasteiger partial charge is 0.342 e. The standard InChI is InChI=1S/C14H16BrFN2/c15-10-7-12-13(8-11(10)16)18-14(17-12)9-5-3-1-2-4-6-9/h7-9H,1-6H2,(H,17,18). The summed E-state index contributed by atoms with van der Waals surface area (Å²) >= 11 is 3.21. The quantitative estimate of drug-likeness (QED) is 0.745. The van der Waals surface area contributed by atoms with E-state index in [-0.39, 0.29) is 5.82 Å². The summed E-state index contributed by atoms with van der Waals surface area (Å²) in [5.41, 5.74) is 1.65. The van der Waals surface area contributed by atoms with Crippen molar-refractivity contribution < 1.29 is 4.39 Å². The Labute approximate surface area is 114 Å². The minimum Gasteiger partial charge on any atom is -0.342 e. The molecule has 1 N–H and O–H groups in total. The monoisotopic (exact) mass is 310 g/mol. The van der Waals surface area contributed by atoms with Crippen LogP contribution in [0.2, 0.25) is 0 Å². The van der Waals surface area contributed by atoms with Crippen molar-refractivity contribution in [1.29, 1.82) is 0 Å². The molecule has 3 rings (SSSR count). The van der Waals surface area contributed by atoms with Crippen LogP contribution in [-0.2, 0) is 0 Å². The molecule has 0 amide bonds. The van der Waals surface area contributed by atoms with Gasteiger partial charge in [0.2, 0.25) is 0 Å². The molecule has 1 saturated carbocycles. The van der Waals surface area contributed by atoms with Crippen LogP contribution in [0.25, 0.3) is 11.0 Å². The Kier molecular flexibility index (Phi) is 3.37. The maximum absolute atomic E-state index is 13.5. The molecule has 1 aliphatic carbocycles. The minimum absolute atomic E-state index is 0.237. The summed E-state index contributed by atoms with van der Waals surface area (Å²) in [6, 6.07) is 3.27. The van der Waals surface area contributed by atoms with E-state index < -0.39 is 0 Å². The highest BCUT2D eigenvalue weighted by Gasteiger charge is 2.18. The smallest absolute Gasteiger partial charge is 0.139 e. The number of nitrogens with zero attached hydrogens (tertiary/aromatic N) is 1. The van der Waals surface area contributed by atoms with Gasteiger partial charge in [0.05, 0.1) is 15.5 Å². The SMILES string of the molecule is Fc1cc2[nH]c(C3CCCCCC3)nc2cc1Br. The highest BCUT2D eigenvalue weighted by molar-refractivity contribution is 9.10. The predicted molar refractivity (Wildman–Crippen MR) is 74.2 cm³/mol. The number of halogens is 2. The number of H-pyrrole nitrogens is 1. The van der Waals surface area contributed by atoms with Crippen LogP contribution in [0, 0.1) is 5.82 Å². The summed E-state index contributed by atoms with van der Waals surface area (Å²) in [6.07, 6.45) is 7.61. The first-order chi connectivity index (χ1) is 8.74. The number of imidazole rings is 1. The molecule has 0 aliphatic heterocycles. The van der Waals surface area contributed by atoms with Gasteiger partial charge in [-0.3, -0.25) is 0 Å². The van der Waals surface area contributed by atoms with E-state index in [0.717, 1.165) is 16.9 Å². The molecule has 1 aromatic heterocycles. The van der Waals surface area contributed by atoms with Gasteiger partial charge in [0.1, 0.15) is 11.6 Å². The second-order valence-corrected chi connectivity index (χ2v) is 5.95. The molecule has 1 heterocycles. The van der Waals surface area contributed by atoms with Crippen LogP contribution in [0.5, 0.6) is 0 Å². The summed E-state index contributed by atoms with van der Waals surface area (Å²) in [7, 11) is 0. The van der Waals surface area contributed by atoms with E-state index in [2.05, 4.69) is 25.9 Å². The maximum atomic E-state index is 13.5. The molecule has 1 aliphatic rings. The topological polar surface area (TPSA) is 28.7 Å². The Morgan fingerprint density at radius 2 is 1.89 bits per heavy atom. The van der Waals surface area contributed by atoms with Gasteiger partial charge in [-0.25, -0.2) is 9.37 Å². The highest BCUT2D eigenvalue weighted by atomic mass is 79.9. The molecule has 0 spiro atoms. The number of benzene rings is 1. The number of aromatic amines is 1. The second kappa shape index (κ2) is 5.00. The fourth-order valence-corrected chi connectivity index (χ4v) is 3.10. The van der Waals surface area contributed by atoms with Crippen LogP contribution >= 0.6 is 15.9 Å². The molecule has 4 heteroatoms. The van der Waals surface area contributed by atoms with Crippen LogP contribution in [0.15, 0.2) is 16.6 Å². The predicted octanol–water partition coefficient (Wildman–Crippen LogP) is 4.90. The van der Waals surface area contributed by atoms with Crippen molar-refractivity contribution >= 4 is 27.0 Å². The Balaban J connectivity index is 1.96. The zero-order valence-corrected chi connectivity index (χ0v) is 11.8. The van der Waals surface area contributed by atoms with E-state index in [1.54, 1.807) is 6.07 Å². The molecule has 18 heavy (non-hydrogen) atoms. The van der Waals surface area contributed by atoms with Gasteiger partial charge < -0.3 is 4.98 Å². The zero-order chi connectivity index (χ0) is 12.5. The van der Waals surface area contributed by atoms with Crippen molar-refractivity contribution in [2.45, 2.75) is 44.4 Å². The average Bonchev–Trinajstić information content (AvgIpc) is 2.60. The third-order valence-electron chi connectivity index (χ3n) is 3.78. The third-order valence-corrected chi connectivity index (χ3v) is 4.39. The van der Waals surface area contributed by atoms with E-state index >= 15 is 0 Å². The van der Waals surface area contributed by atoms with Crippen molar-refractivity contribution in [2.75, 3.05) is 0 Å². The first-order valence-electron chi connectivity index (χ1n) is 6.59. The molecule has 0 unspecified atom stereocenters. The molecule has 1 fully saturated rings. The summed E-state index contributed by atoms with van der Waals surface area (Å²) in [4.78, 5) is 7.92. The number of nitrogens with one attached hydrogen (secondary N) is 1. The van der Waals surface area contributed by atoms with Crippen LogP contribution < -0.4 is 0 Å². The minimum atomic E-state index is -0.237. The summed E-state index contributed by atoms with van der Waals surface area (Å²) in [5.74, 6) is 1.31. The van der Waals surface area contributed by atoms with Crippen molar-refractivity contribution in [3.8, 4) is 0 Å². The lowest BCUT2D eigenvalue weighted by atomic mass is 10.00. The fourth-order valence-electron chi connectivity index (χ4n) is 2.77. The van der Waals surface area contributed by atoms with E-state index in [9.17, 15) is 4.39 Å². The first-order valence-corrected chi connectivity index (χ1v) is 7.38. The lowest BCUT2D eigenvalue weighted by Crippen LogP contribution is -1.99. The molecule has 96 valence electrons. The number of fused-ring (bicyclic) bond motifs is 1. The van der Waals surface area contributed by atoms with Crippen LogP contribution in [0.4, 0.5) is 4.39 Å². The Bertz CT molecular complexity index is 517. The number of hydrogen-bond acceptors (Lipinski definition) is 1. The van der Waals surface area contributed by atoms with Crippen molar-refractivity contribution in [2.24, 2.45) is 0 Å². The molecular weight excluding hydrogens is 295 g/mol. The van der Waals surface area contributed by atoms with Gasteiger partial charge in [-0.2, -0.15) is 0 Å². The molecule has 0 saturated heterocycles. The fraction of sp³-hybridized carbons (Fsp3) is 0.500. The van der Waals surface area contributed by atoms with Crippen molar-refractivity contribution in [3.63, 3.8) is 0 Å². The van der Waals surface area contributed by atoms with Gasteiger partial charge in [0, 0.05) is 12.0 Å². The first kappa shape index (κ1) is 12.2. The number of rotatable bonds is 1. The van der Waals surface area contributed by atoms with E-state index in [1.807, 2.05) is 0 Å². The molecular formula is C14H16BrFN2. The second-order valence-electron chi connectivity index (χ2n) is 5.09. The van der Waals surface area contributed by atoms with Crippen LogP contribution in [0.1, 0.15) is 50.3 Å². The molecule has 0 radical (unpaired) electrons. The summed E-state index contributed by atoms with van der Waals surface area (Å²) in [6.45, 7) is 0. The average molecular weight is 311 g/mol. The summed E-state index contributed by atoms with van der Waals surface area (Å²) < 4.78 is 14.0. The van der Waals surface area contributed by atoms with Crippen molar-refractivity contribution in [3.05, 3.63) is 28.2 Å². The summed E-state index contributed by atoms with van der Waals surface area (Å²) in [5, 5.41) is 0. The Morgan fingerprint density at radius 3 is 2.61 bits per heavy atom. The third kappa shape index (κ3) is 2.30. The number of hydrogen-bond donors (Lipinski definition) is 1. The molecule has 0 bridgehead atoms. The maximum Gasteiger partial charge on any atom is 0.139 e. The normalized spacial score (nSPS) is 18.1.